The Labute approximate surface area is 132 Å². The lowest BCUT2D eigenvalue weighted by molar-refractivity contribution is 1.05. The van der Waals surface area contributed by atoms with Crippen LogP contribution < -0.4 is 5.32 Å². The van der Waals surface area contributed by atoms with E-state index in [4.69, 9.17) is 23.2 Å². The molecule has 0 saturated heterocycles. The minimum absolute atomic E-state index is 0.564. The Morgan fingerprint density at radius 1 is 1.00 bits per heavy atom. The summed E-state index contributed by atoms with van der Waals surface area (Å²) in [6, 6.07) is 13.6. The van der Waals surface area contributed by atoms with Crippen LogP contribution in [-0.4, -0.2) is 14.8 Å². The molecule has 0 fully saturated rings. The molecular formula is C15H12Cl2N4. The van der Waals surface area contributed by atoms with Gasteiger partial charge in [-0.1, -0.05) is 41.4 Å². The van der Waals surface area contributed by atoms with Gasteiger partial charge in [0.2, 0.25) is 0 Å². The van der Waals surface area contributed by atoms with E-state index in [-0.39, 0.29) is 0 Å². The van der Waals surface area contributed by atoms with E-state index in [1.54, 1.807) is 18.7 Å². The molecule has 0 unspecified atom stereocenters. The highest BCUT2D eigenvalue weighted by Crippen LogP contribution is 2.26. The van der Waals surface area contributed by atoms with E-state index in [1.807, 2.05) is 41.0 Å². The standard InChI is InChI=1S/C15H12Cl2N4/c16-14-6-1-3-11(15(14)17)8-18-12-4-2-5-13(7-12)21-9-19-20-10-21/h1-7,9-10,18H,8H2. The second kappa shape index (κ2) is 6.16. The minimum Gasteiger partial charge on any atom is -0.381 e. The molecule has 0 aliphatic carbocycles. The summed E-state index contributed by atoms with van der Waals surface area (Å²) in [5.74, 6) is 0. The van der Waals surface area contributed by atoms with Crippen molar-refractivity contribution >= 4 is 28.9 Å². The topological polar surface area (TPSA) is 42.7 Å². The number of nitrogens with zero attached hydrogens (tertiary/aromatic N) is 3. The SMILES string of the molecule is Clc1cccc(CNc2cccc(-n3cnnc3)c2)c1Cl. The first kappa shape index (κ1) is 13.9. The molecule has 3 rings (SSSR count). The summed E-state index contributed by atoms with van der Waals surface area (Å²) in [6.45, 7) is 0.602. The number of anilines is 1. The molecule has 6 heteroatoms. The predicted molar refractivity (Wildman–Crippen MR) is 85.1 cm³/mol. The number of aromatic nitrogens is 3. The Hall–Kier alpha value is -2.04. The average molecular weight is 319 g/mol. The highest BCUT2D eigenvalue weighted by atomic mass is 35.5. The molecule has 0 aliphatic rings. The average Bonchev–Trinajstić information content (AvgIpc) is 3.03. The number of benzene rings is 2. The third-order valence-electron chi connectivity index (χ3n) is 3.08. The fourth-order valence-corrected chi connectivity index (χ4v) is 2.38. The van der Waals surface area contributed by atoms with Crippen LogP contribution in [0.1, 0.15) is 5.56 Å². The van der Waals surface area contributed by atoms with Crippen molar-refractivity contribution in [2.45, 2.75) is 6.54 Å². The summed E-state index contributed by atoms with van der Waals surface area (Å²) in [6.07, 6.45) is 3.32. The predicted octanol–water partition coefficient (Wildman–Crippen LogP) is 4.19. The lowest BCUT2D eigenvalue weighted by Crippen LogP contribution is -2.01. The zero-order valence-electron chi connectivity index (χ0n) is 11.0. The second-order valence-corrected chi connectivity index (χ2v) is 5.27. The van der Waals surface area contributed by atoms with Crippen molar-refractivity contribution in [3.8, 4) is 5.69 Å². The monoisotopic (exact) mass is 318 g/mol. The van der Waals surface area contributed by atoms with E-state index in [9.17, 15) is 0 Å². The number of rotatable bonds is 4. The first-order chi connectivity index (χ1) is 10.2. The van der Waals surface area contributed by atoms with E-state index in [0.717, 1.165) is 16.9 Å². The summed E-state index contributed by atoms with van der Waals surface area (Å²) in [5, 5.41) is 12.1. The Kier molecular flexibility index (Phi) is 4.08. The van der Waals surface area contributed by atoms with Crippen LogP contribution in [-0.2, 0) is 6.54 Å². The van der Waals surface area contributed by atoms with Crippen molar-refractivity contribution < 1.29 is 0 Å². The Bertz CT molecular complexity index is 741. The second-order valence-electron chi connectivity index (χ2n) is 4.49. The van der Waals surface area contributed by atoms with Gasteiger partial charge in [-0.2, -0.15) is 0 Å². The van der Waals surface area contributed by atoms with Crippen LogP contribution in [0.4, 0.5) is 5.69 Å². The van der Waals surface area contributed by atoms with Crippen molar-refractivity contribution in [3.63, 3.8) is 0 Å². The van der Waals surface area contributed by atoms with Gasteiger partial charge in [0.1, 0.15) is 12.7 Å². The highest BCUT2D eigenvalue weighted by molar-refractivity contribution is 6.42. The number of hydrogen-bond acceptors (Lipinski definition) is 3. The maximum Gasteiger partial charge on any atom is 0.123 e. The van der Waals surface area contributed by atoms with Crippen LogP contribution in [0.2, 0.25) is 10.0 Å². The summed E-state index contributed by atoms with van der Waals surface area (Å²) in [5.41, 5.74) is 2.93. The molecule has 1 N–H and O–H groups in total. The van der Waals surface area contributed by atoms with Crippen LogP contribution in [0.5, 0.6) is 0 Å². The third-order valence-corrected chi connectivity index (χ3v) is 3.94. The molecule has 1 heterocycles. The third kappa shape index (κ3) is 3.17. The lowest BCUT2D eigenvalue weighted by atomic mass is 10.2. The van der Waals surface area contributed by atoms with E-state index in [1.165, 1.54) is 0 Å². The largest absolute Gasteiger partial charge is 0.381 e. The summed E-state index contributed by atoms with van der Waals surface area (Å²) in [4.78, 5) is 0. The van der Waals surface area contributed by atoms with E-state index >= 15 is 0 Å². The van der Waals surface area contributed by atoms with Crippen LogP contribution in [0.3, 0.4) is 0 Å². The van der Waals surface area contributed by atoms with Gasteiger partial charge < -0.3 is 5.32 Å². The van der Waals surface area contributed by atoms with Gasteiger partial charge in [0.05, 0.1) is 15.7 Å². The molecule has 21 heavy (non-hydrogen) atoms. The van der Waals surface area contributed by atoms with Gasteiger partial charge in [0, 0.05) is 12.2 Å². The molecular weight excluding hydrogens is 307 g/mol. The van der Waals surface area contributed by atoms with Gasteiger partial charge in [-0.15, -0.1) is 10.2 Å². The quantitative estimate of drug-likeness (QED) is 0.784. The Balaban J connectivity index is 1.77. The van der Waals surface area contributed by atoms with Gasteiger partial charge in [-0.05, 0) is 29.8 Å². The van der Waals surface area contributed by atoms with Crippen LogP contribution in [0.25, 0.3) is 5.69 Å². The fourth-order valence-electron chi connectivity index (χ4n) is 1.99. The molecule has 3 aromatic rings. The van der Waals surface area contributed by atoms with E-state index in [0.29, 0.717) is 16.6 Å². The molecule has 0 atom stereocenters. The zero-order chi connectivity index (χ0) is 14.7. The molecule has 0 bridgehead atoms. The fraction of sp³-hybridized carbons (Fsp3) is 0.0667. The van der Waals surface area contributed by atoms with Crippen molar-refractivity contribution in [1.82, 2.24) is 14.8 Å². The summed E-state index contributed by atoms with van der Waals surface area (Å²) in [7, 11) is 0. The van der Waals surface area contributed by atoms with Gasteiger partial charge >= 0.3 is 0 Å². The van der Waals surface area contributed by atoms with Crippen molar-refractivity contribution in [2.24, 2.45) is 0 Å². The van der Waals surface area contributed by atoms with Gasteiger partial charge in [0.15, 0.2) is 0 Å². The Morgan fingerprint density at radius 2 is 1.76 bits per heavy atom. The van der Waals surface area contributed by atoms with E-state index < -0.39 is 0 Å². The molecule has 2 aromatic carbocycles. The molecule has 0 saturated carbocycles. The number of hydrogen-bond donors (Lipinski definition) is 1. The van der Waals surface area contributed by atoms with Crippen molar-refractivity contribution in [1.29, 1.82) is 0 Å². The van der Waals surface area contributed by atoms with Gasteiger partial charge in [0.25, 0.3) is 0 Å². The normalized spacial score (nSPS) is 10.6. The van der Waals surface area contributed by atoms with Crippen molar-refractivity contribution in [2.75, 3.05) is 5.32 Å². The molecule has 0 spiro atoms. The maximum absolute atomic E-state index is 6.18. The van der Waals surface area contributed by atoms with Crippen LogP contribution in [0, 0.1) is 0 Å². The highest BCUT2D eigenvalue weighted by Gasteiger charge is 2.04. The Morgan fingerprint density at radius 3 is 2.57 bits per heavy atom. The molecule has 0 amide bonds. The molecule has 106 valence electrons. The number of halogens is 2. The van der Waals surface area contributed by atoms with Gasteiger partial charge in [-0.25, -0.2) is 0 Å². The van der Waals surface area contributed by atoms with Crippen LogP contribution >= 0.6 is 23.2 Å². The smallest absolute Gasteiger partial charge is 0.123 e. The number of nitrogens with one attached hydrogen (secondary N) is 1. The minimum atomic E-state index is 0.564. The summed E-state index contributed by atoms with van der Waals surface area (Å²) < 4.78 is 1.84. The maximum atomic E-state index is 6.18. The first-order valence-electron chi connectivity index (χ1n) is 6.36. The van der Waals surface area contributed by atoms with Crippen LogP contribution in [0.15, 0.2) is 55.1 Å². The van der Waals surface area contributed by atoms with Crippen molar-refractivity contribution in [3.05, 3.63) is 70.7 Å². The molecule has 0 aliphatic heterocycles. The first-order valence-corrected chi connectivity index (χ1v) is 7.11. The molecule has 0 radical (unpaired) electrons. The lowest BCUT2D eigenvalue weighted by Gasteiger charge is -2.10. The van der Waals surface area contributed by atoms with E-state index in [2.05, 4.69) is 15.5 Å². The zero-order valence-corrected chi connectivity index (χ0v) is 12.5. The molecule has 4 nitrogen and oxygen atoms in total. The summed E-state index contributed by atoms with van der Waals surface area (Å²) >= 11 is 12.2. The molecule has 1 aromatic heterocycles. The van der Waals surface area contributed by atoms with Gasteiger partial charge in [-0.3, -0.25) is 4.57 Å².